The summed E-state index contributed by atoms with van der Waals surface area (Å²) < 4.78 is 9.96. The quantitative estimate of drug-likeness (QED) is 0.614. The number of β-lactam (4-membered cyclic amide) rings is 1. The highest BCUT2D eigenvalue weighted by Gasteiger charge is 2.74. The third-order valence-corrected chi connectivity index (χ3v) is 6.35. The van der Waals surface area contributed by atoms with E-state index in [1.54, 1.807) is 0 Å². The number of thioether (sulfide) groups is 1. The van der Waals surface area contributed by atoms with Crippen molar-refractivity contribution in [3.8, 4) is 0 Å². The van der Waals surface area contributed by atoms with Crippen molar-refractivity contribution < 1.29 is 23.9 Å². The Morgan fingerprint density at radius 1 is 1.27 bits per heavy atom. The number of esters is 1. The first kappa shape index (κ1) is 18.7. The molecule has 7 nitrogen and oxygen atoms in total. The predicted octanol–water partition coefficient (Wildman–Crippen LogP) is 1.27. The number of rotatable bonds is 5. The fraction of sp³-hybridized carbons (Fsp3) is 0.500. The van der Waals surface area contributed by atoms with Crippen LogP contribution in [0.3, 0.4) is 0 Å². The summed E-state index contributed by atoms with van der Waals surface area (Å²) in [6.45, 7) is 5.01. The summed E-state index contributed by atoms with van der Waals surface area (Å²) in [6.07, 6.45) is -0.628. The summed E-state index contributed by atoms with van der Waals surface area (Å²) in [4.78, 5) is 39.0. The van der Waals surface area contributed by atoms with Crippen molar-refractivity contribution in [1.29, 1.82) is 0 Å². The van der Waals surface area contributed by atoms with E-state index in [1.807, 2.05) is 44.2 Å². The predicted molar refractivity (Wildman–Crippen MR) is 95.9 cm³/mol. The molecule has 3 rings (SSSR count). The van der Waals surface area contributed by atoms with E-state index in [-0.39, 0.29) is 17.9 Å². The van der Waals surface area contributed by atoms with Crippen LogP contribution in [0.5, 0.6) is 0 Å². The van der Waals surface area contributed by atoms with Crippen LogP contribution in [0.1, 0.15) is 26.3 Å². The lowest BCUT2D eigenvalue weighted by Crippen LogP contribution is -2.78. The van der Waals surface area contributed by atoms with Crippen LogP contribution in [-0.4, -0.2) is 51.7 Å². The number of hydrogen-bond acceptors (Lipinski definition) is 6. The van der Waals surface area contributed by atoms with Crippen LogP contribution < -0.4 is 5.32 Å². The highest BCUT2D eigenvalue weighted by Crippen LogP contribution is 2.56. The van der Waals surface area contributed by atoms with E-state index >= 15 is 0 Å². The lowest BCUT2D eigenvalue weighted by atomic mass is 9.89. The Morgan fingerprint density at radius 2 is 1.92 bits per heavy atom. The normalized spacial score (nSPS) is 28.9. The fourth-order valence-corrected chi connectivity index (χ4v) is 5.22. The Balaban J connectivity index is 1.92. The molecule has 1 aromatic rings. The van der Waals surface area contributed by atoms with E-state index in [1.165, 1.54) is 30.7 Å². The number of ether oxygens (including phenoxy) is 2. The zero-order valence-electron chi connectivity index (χ0n) is 15.1. The van der Waals surface area contributed by atoms with E-state index < -0.39 is 28.4 Å². The number of carbonyl (C=O) groups is 3. The molecule has 0 radical (unpaired) electrons. The van der Waals surface area contributed by atoms with Crippen LogP contribution >= 0.6 is 11.8 Å². The highest BCUT2D eigenvalue weighted by atomic mass is 32.2. The molecular weight excluding hydrogens is 356 g/mol. The maximum absolute atomic E-state index is 13.1. The number of carbonyl (C=O) groups excluding carboxylic acids is 3. The van der Waals surface area contributed by atoms with Gasteiger partial charge >= 0.3 is 5.97 Å². The number of fused-ring (bicyclic) bond motifs is 1. The molecule has 2 amide bonds. The minimum atomic E-state index is -1.57. The maximum Gasteiger partial charge on any atom is 0.355 e. The summed E-state index contributed by atoms with van der Waals surface area (Å²) >= 11 is 1.42. The minimum absolute atomic E-state index is 0.0577. The van der Waals surface area contributed by atoms with Gasteiger partial charge in [-0.15, -0.1) is 11.8 Å². The van der Waals surface area contributed by atoms with Gasteiger partial charge in [0.15, 0.2) is 6.10 Å². The molecule has 0 aliphatic carbocycles. The first-order valence-electron chi connectivity index (χ1n) is 8.28. The topological polar surface area (TPSA) is 84.9 Å². The number of nitrogens with one attached hydrogen (secondary N) is 1. The van der Waals surface area contributed by atoms with Crippen LogP contribution in [0, 0.1) is 0 Å². The van der Waals surface area contributed by atoms with E-state index in [2.05, 4.69) is 5.32 Å². The maximum atomic E-state index is 13.1. The molecule has 2 saturated heterocycles. The third-order valence-electron chi connectivity index (χ3n) is 4.76. The van der Waals surface area contributed by atoms with Crippen molar-refractivity contribution in [3.63, 3.8) is 0 Å². The third kappa shape index (κ3) is 2.68. The largest absolute Gasteiger partial charge is 0.458 e. The smallest absolute Gasteiger partial charge is 0.355 e. The van der Waals surface area contributed by atoms with Crippen molar-refractivity contribution in [2.24, 2.45) is 0 Å². The summed E-state index contributed by atoms with van der Waals surface area (Å²) in [7, 11) is 1.46. The summed E-state index contributed by atoms with van der Waals surface area (Å²) in [5, 5.41) is 2.35. The van der Waals surface area contributed by atoms with Gasteiger partial charge in [0.05, 0.1) is 4.75 Å². The molecule has 26 heavy (non-hydrogen) atoms. The van der Waals surface area contributed by atoms with Gasteiger partial charge in [-0.3, -0.25) is 14.5 Å². The molecular formula is C18H22N2O5S. The molecule has 2 fully saturated rings. The Kier molecular flexibility index (Phi) is 4.74. The van der Waals surface area contributed by atoms with Crippen LogP contribution in [0.15, 0.2) is 30.3 Å². The summed E-state index contributed by atoms with van der Waals surface area (Å²) in [6, 6.07) is 9.24. The molecule has 2 aliphatic rings. The van der Waals surface area contributed by atoms with E-state index in [0.717, 1.165) is 5.56 Å². The van der Waals surface area contributed by atoms with Crippen LogP contribution in [0.2, 0.25) is 0 Å². The molecule has 0 aromatic heterocycles. The average Bonchev–Trinajstić information content (AvgIpc) is 2.78. The second-order valence-corrected chi connectivity index (χ2v) is 8.58. The first-order chi connectivity index (χ1) is 12.2. The van der Waals surface area contributed by atoms with Crippen molar-refractivity contribution in [3.05, 3.63) is 35.9 Å². The van der Waals surface area contributed by atoms with Gasteiger partial charge in [-0.25, -0.2) is 4.79 Å². The SMILES string of the molecule is CO[C@@H]1C(=O)N2[C@@H]1SC(C)(C)[C@]2(NC(C)=O)C(=O)OCc1ccccc1. The Bertz CT molecular complexity index is 738. The van der Waals surface area contributed by atoms with E-state index in [0.29, 0.717) is 0 Å². The van der Waals surface area contributed by atoms with Gasteiger partial charge < -0.3 is 14.8 Å². The van der Waals surface area contributed by atoms with Gasteiger partial charge in [-0.2, -0.15) is 0 Å². The van der Waals surface area contributed by atoms with Crippen molar-refractivity contribution >= 4 is 29.5 Å². The Hall–Kier alpha value is -2.06. The molecule has 3 atom stereocenters. The molecule has 8 heteroatoms. The van der Waals surface area contributed by atoms with Gasteiger partial charge in [-0.05, 0) is 19.4 Å². The summed E-state index contributed by atoms with van der Waals surface area (Å²) in [5.41, 5.74) is -0.752. The van der Waals surface area contributed by atoms with E-state index in [4.69, 9.17) is 9.47 Å². The van der Waals surface area contributed by atoms with Crippen LogP contribution in [0.4, 0.5) is 0 Å². The standard InChI is InChI=1S/C18H22N2O5S/c1-11(21)19-18(16(23)25-10-12-8-6-5-7-9-12)17(2,3)26-15-13(24-4)14(22)20(15)18/h5-9,13,15H,10H2,1-4H3,(H,19,21)/t13-,15-,18+/m1/s1. The molecule has 0 unspecified atom stereocenters. The Labute approximate surface area is 156 Å². The van der Waals surface area contributed by atoms with Gasteiger partial charge in [0.25, 0.3) is 5.91 Å². The second-order valence-electron chi connectivity index (χ2n) is 6.84. The fourth-order valence-electron chi connectivity index (χ4n) is 3.49. The molecule has 1 N–H and O–H groups in total. The highest BCUT2D eigenvalue weighted by molar-refractivity contribution is 8.01. The molecule has 0 saturated carbocycles. The summed E-state index contributed by atoms with van der Waals surface area (Å²) in [5.74, 6) is -1.40. The Morgan fingerprint density at radius 3 is 2.50 bits per heavy atom. The zero-order chi connectivity index (χ0) is 19.1. The number of hydrogen-bond donors (Lipinski definition) is 1. The van der Waals surface area contributed by atoms with Gasteiger partial charge in [0.1, 0.15) is 12.0 Å². The molecule has 0 bridgehead atoms. The lowest BCUT2D eigenvalue weighted by Gasteiger charge is -2.49. The molecule has 1 aromatic carbocycles. The van der Waals surface area contributed by atoms with Gasteiger partial charge in [0, 0.05) is 14.0 Å². The van der Waals surface area contributed by atoms with Crippen LogP contribution in [0.25, 0.3) is 0 Å². The molecule has 2 aliphatic heterocycles. The average molecular weight is 378 g/mol. The van der Waals surface area contributed by atoms with Crippen LogP contribution in [-0.2, 0) is 30.5 Å². The number of amides is 2. The van der Waals surface area contributed by atoms with Crippen molar-refractivity contribution in [2.75, 3.05) is 7.11 Å². The van der Waals surface area contributed by atoms with Gasteiger partial charge in [0.2, 0.25) is 11.6 Å². The zero-order valence-corrected chi connectivity index (χ0v) is 16.0. The van der Waals surface area contributed by atoms with Crippen molar-refractivity contribution in [1.82, 2.24) is 10.2 Å². The van der Waals surface area contributed by atoms with Gasteiger partial charge in [-0.1, -0.05) is 30.3 Å². The minimum Gasteiger partial charge on any atom is -0.458 e. The first-order valence-corrected chi connectivity index (χ1v) is 9.16. The number of benzene rings is 1. The molecule has 2 heterocycles. The van der Waals surface area contributed by atoms with Crippen molar-refractivity contribution in [2.45, 2.75) is 49.3 Å². The molecule has 140 valence electrons. The number of methoxy groups -OCH3 is 1. The second kappa shape index (κ2) is 6.59. The number of nitrogens with zero attached hydrogens (tertiary/aromatic N) is 1. The lowest BCUT2D eigenvalue weighted by molar-refractivity contribution is -0.190. The monoisotopic (exact) mass is 378 g/mol. The van der Waals surface area contributed by atoms with E-state index in [9.17, 15) is 14.4 Å². The molecule has 0 spiro atoms.